The number of hydrogen-bond acceptors (Lipinski definition) is 7. The van der Waals surface area contributed by atoms with Gasteiger partial charge in [0.15, 0.2) is 4.34 Å². The Kier molecular flexibility index (Phi) is 4.99. The summed E-state index contributed by atoms with van der Waals surface area (Å²) < 4.78 is 5.86. The van der Waals surface area contributed by atoms with Crippen LogP contribution in [-0.4, -0.2) is 35.0 Å². The molecule has 1 aliphatic heterocycles. The number of amides is 2. The lowest BCUT2D eigenvalue weighted by Gasteiger charge is -2.38. The van der Waals surface area contributed by atoms with Crippen molar-refractivity contribution in [1.29, 1.82) is 5.26 Å². The second-order valence-electron chi connectivity index (χ2n) is 5.60. The van der Waals surface area contributed by atoms with Crippen molar-refractivity contribution in [3.63, 3.8) is 0 Å². The Morgan fingerprint density at radius 2 is 2.17 bits per heavy atom. The van der Waals surface area contributed by atoms with Crippen LogP contribution in [0.4, 0.5) is 9.93 Å². The maximum absolute atomic E-state index is 11.9. The predicted molar refractivity (Wildman–Crippen MR) is 92.0 cm³/mol. The van der Waals surface area contributed by atoms with Gasteiger partial charge in [0.2, 0.25) is 5.13 Å². The lowest BCUT2D eigenvalue weighted by molar-refractivity contribution is -0.0567. The van der Waals surface area contributed by atoms with E-state index < -0.39 is 0 Å². The molecule has 7 nitrogen and oxygen atoms in total. The first-order valence-corrected chi connectivity index (χ1v) is 8.99. The molecule has 2 amide bonds. The molecule has 0 bridgehead atoms. The van der Waals surface area contributed by atoms with Crippen molar-refractivity contribution in [1.82, 2.24) is 15.5 Å². The van der Waals surface area contributed by atoms with E-state index in [1.54, 1.807) is 12.1 Å². The zero-order chi connectivity index (χ0) is 17.0. The third kappa shape index (κ3) is 4.23. The number of carbonyl (C=O) groups excluding carboxylic acids is 1. The standard InChI is InChI=1S/C15H15N5O2S2/c1-15(8-22-9-15)18-12(21)17-13-19-20-14(24-13)23-7-11-4-2-10(6-16)3-5-11/h2-5H,7-9H2,1H3,(H2,17,18,19,21). The number of rotatable bonds is 5. The van der Waals surface area contributed by atoms with Gasteiger partial charge in [-0.05, 0) is 24.6 Å². The van der Waals surface area contributed by atoms with Crippen LogP contribution in [0.15, 0.2) is 28.6 Å². The van der Waals surface area contributed by atoms with Crippen LogP contribution in [0.5, 0.6) is 0 Å². The van der Waals surface area contributed by atoms with Gasteiger partial charge in [-0.25, -0.2) is 4.79 Å². The molecule has 0 spiro atoms. The van der Waals surface area contributed by atoms with Crippen LogP contribution in [0, 0.1) is 11.3 Å². The molecular formula is C15H15N5O2S2. The smallest absolute Gasteiger partial charge is 0.321 e. The highest BCUT2D eigenvalue weighted by Gasteiger charge is 2.34. The fourth-order valence-electron chi connectivity index (χ4n) is 2.02. The van der Waals surface area contributed by atoms with Crippen LogP contribution < -0.4 is 10.6 Å². The van der Waals surface area contributed by atoms with E-state index in [0.717, 1.165) is 15.7 Å². The maximum atomic E-state index is 11.9. The SMILES string of the molecule is CC1(NC(=O)Nc2nnc(SCc3ccc(C#N)cc3)s2)COC1. The molecule has 1 aromatic heterocycles. The van der Waals surface area contributed by atoms with Crippen molar-refractivity contribution in [2.45, 2.75) is 22.6 Å². The van der Waals surface area contributed by atoms with Gasteiger partial charge in [-0.1, -0.05) is 35.2 Å². The first-order chi connectivity index (χ1) is 11.6. The summed E-state index contributed by atoms with van der Waals surface area (Å²) in [6.45, 7) is 2.96. The number of anilines is 1. The molecule has 3 rings (SSSR count). The van der Waals surface area contributed by atoms with Gasteiger partial charge in [0.25, 0.3) is 0 Å². The van der Waals surface area contributed by atoms with Crippen molar-refractivity contribution < 1.29 is 9.53 Å². The number of thioether (sulfide) groups is 1. The molecule has 24 heavy (non-hydrogen) atoms. The molecule has 124 valence electrons. The molecule has 9 heteroatoms. The van der Waals surface area contributed by atoms with Gasteiger partial charge < -0.3 is 10.1 Å². The van der Waals surface area contributed by atoms with Crippen molar-refractivity contribution in [3.05, 3.63) is 35.4 Å². The Morgan fingerprint density at radius 1 is 1.42 bits per heavy atom. The Bertz CT molecular complexity index is 765. The van der Waals surface area contributed by atoms with E-state index in [0.29, 0.717) is 23.9 Å². The number of ether oxygens (including phenoxy) is 1. The van der Waals surface area contributed by atoms with Crippen molar-refractivity contribution in [3.8, 4) is 6.07 Å². The monoisotopic (exact) mass is 361 g/mol. The van der Waals surface area contributed by atoms with Gasteiger partial charge in [0.1, 0.15) is 0 Å². The number of aromatic nitrogens is 2. The van der Waals surface area contributed by atoms with E-state index in [9.17, 15) is 4.79 Å². The topological polar surface area (TPSA) is 99.9 Å². The number of nitrogens with zero attached hydrogens (tertiary/aromatic N) is 3. The molecular weight excluding hydrogens is 346 g/mol. The van der Waals surface area contributed by atoms with E-state index in [-0.39, 0.29) is 11.6 Å². The largest absolute Gasteiger partial charge is 0.376 e. The van der Waals surface area contributed by atoms with Crippen LogP contribution in [0.2, 0.25) is 0 Å². The van der Waals surface area contributed by atoms with Crippen LogP contribution in [0.1, 0.15) is 18.1 Å². The normalized spacial score (nSPS) is 15.2. The predicted octanol–water partition coefficient (Wildman–Crippen LogP) is 2.61. The van der Waals surface area contributed by atoms with Crippen molar-refractivity contribution >= 4 is 34.3 Å². The summed E-state index contributed by atoms with van der Waals surface area (Å²) in [4.78, 5) is 11.9. The van der Waals surface area contributed by atoms with E-state index in [2.05, 4.69) is 26.9 Å². The molecule has 0 aliphatic carbocycles. The molecule has 1 aliphatic rings. The summed E-state index contributed by atoms with van der Waals surface area (Å²) in [5.74, 6) is 0.724. The fraction of sp³-hybridized carbons (Fsp3) is 0.333. The number of nitrogens with one attached hydrogen (secondary N) is 2. The van der Waals surface area contributed by atoms with E-state index >= 15 is 0 Å². The Balaban J connectivity index is 1.49. The first-order valence-electron chi connectivity index (χ1n) is 7.19. The summed E-state index contributed by atoms with van der Waals surface area (Å²) in [6, 6.07) is 9.20. The van der Waals surface area contributed by atoms with Gasteiger partial charge in [0.05, 0.1) is 30.4 Å². The Hall–Kier alpha value is -2.15. The zero-order valence-corrected chi connectivity index (χ0v) is 14.5. The lowest BCUT2D eigenvalue weighted by atomic mass is 10.0. The van der Waals surface area contributed by atoms with Gasteiger partial charge in [-0.3, -0.25) is 5.32 Å². The van der Waals surface area contributed by atoms with E-state index in [1.165, 1.54) is 23.1 Å². The van der Waals surface area contributed by atoms with Gasteiger partial charge in [-0.2, -0.15) is 5.26 Å². The number of urea groups is 1. The number of nitriles is 1. The summed E-state index contributed by atoms with van der Waals surface area (Å²) >= 11 is 2.86. The molecule has 1 saturated heterocycles. The van der Waals surface area contributed by atoms with Gasteiger partial charge in [-0.15, -0.1) is 10.2 Å². The van der Waals surface area contributed by atoms with Crippen molar-refractivity contribution in [2.75, 3.05) is 18.5 Å². The van der Waals surface area contributed by atoms with Crippen LogP contribution >= 0.6 is 23.1 Å². The minimum atomic E-state index is -0.305. The van der Waals surface area contributed by atoms with Crippen LogP contribution in [-0.2, 0) is 10.5 Å². The van der Waals surface area contributed by atoms with Gasteiger partial charge in [0, 0.05) is 5.75 Å². The van der Waals surface area contributed by atoms with Crippen LogP contribution in [0.3, 0.4) is 0 Å². The second kappa shape index (κ2) is 7.17. The number of benzene rings is 1. The summed E-state index contributed by atoms with van der Waals surface area (Å²) in [7, 11) is 0. The minimum absolute atomic E-state index is 0.304. The Morgan fingerprint density at radius 3 is 2.79 bits per heavy atom. The van der Waals surface area contributed by atoms with Crippen LogP contribution in [0.25, 0.3) is 0 Å². The summed E-state index contributed by atoms with van der Waals surface area (Å²) in [6.07, 6.45) is 0. The molecule has 2 N–H and O–H groups in total. The molecule has 2 aromatic rings. The quantitative estimate of drug-likeness (QED) is 0.627. The highest BCUT2D eigenvalue weighted by Crippen LogP contribution is 2.28. The third-order valence-electron chi connectivity index (χ3n) is 3.33. The molecule has 1 fully saturated rings. The van der Waals surface area contributed by atoms with Crippen molar-refractivity contribution in [2.24, 2.45) is 0 Å². The van der Waals surface area contributed by atoms with E-state index in [1.807, 2.05) is 19.1 Å². The lowest BCUT2D eigenvalue weighted by Crippen LogP contribution is -2.60. The maximum Gasteiger partial charge on any atom is 0.321 e. The average molecular weight is 361 g/mol. The molecule has 0 saturated carbocycles. The molecule has 0 unspecified atom stereocenters. The highest BCUT2D eigenvalue weighted by molar-refractivity contribution is 8.00. The Labute approximate surface area is 147 Å². The second-order valence-corrected chi connectivity index (χ2v) is 7.80. The zero-order valence-electron chi connectivity index (χ0n) is 12.9. The van der Waals surface area contributed by atoms with E-state index in [4.69, 9.17) is 10.00 Å². The molecule has 0 atom stereocenters. The fourth-order valence-corrected chi connectivity index (χ4v) is 3.72. The highest BCUT2D eigenvalue weighted by atomic mass is 32.2. The molecule has 2 heterocycles. The summed E-state index contributed by atoms with van der Waals surface area (Å²) in [5, 5.41) is 22.8. The number of carbonyl (C=O) groups is 1. The molecule has 1 aromatic carbocycles. The molecule has 0 radical (unpaired) electrons. The third-order valence-corrected chi connectivity index (χ3v) is 5.37. The van der Waals surface area contributed by atoms with Gasteiger partial charge >= 0.3 is 6.03 Å². The average Bonchev–Trinajstić information content (AvgIpc) is 2.99. The number of hydrogen-bond donors (Lipinski definition) is 2. The minimum Gasteiger partial charge on any atom is -0.376 e. The summed E-state index contributed by atoms with van der Waals surface area (Å²) in [5.41, 5.74) is 1.43. The first kappa shape index (κ1) is 16.7.